The van der Waals surface area contributed by atoms with Crippen molar-refractivity contribution >= 4 is 6.29 Å². The number of methoxy groups -OCH3 is 1. The van der Waals surface area contributed by atoms with Crippen molar-refractivity contribution in [3.8, 4) is 0 Å². The number of hydrogen-bond acceptors (Lipinski definition) is 2. The molecule has 1 rings (SSSR count). The van der Waals surface area contributed by atoms with Gasteiger partial charge in [0.05, 0.1) is 12.9 Å². The van der Waals surface area contributed by atoms with Crippen molar-refractivity contribution in [2.45, 2.75) is 6.42 Å². The van der Waals surface area contributed by atoms with Crippen LogP contribution in [0.15, 0.2) is 24.0 Å². The van der Waals surface area contributed by atoms with Crippen LogP contribution in [0.25, 0.3) is 0 Å². The first kappa shape index (κ1) is 7.06. The van der Waals surface area contributed by atoms with Gasteiger partial charge >= 0.3 is 0 Å². The van der Waals surface area contributed by atoms with E-state index in [-0.39, 0.29) is 5.92 Å². The standard InChI is InChI=1S/C8H10O2/c1-10-8-4-2-3-7(5-8)6-9/h2-4,6-7H,5H2,1H3. The van der Waals surface area contributed by atoms with Gasteiger partial charge in [0, 0.05) is 12.3 Å². The fourth-order valence-electron chi connectivity index (χ4n) is 0.919. The fourth-order valence-corrected chi connectivity index (χ4v) is 0.919. The summed E-state index contributed by atoms with van der Waals surface area (Å²) >= 11 is 0. The molecule has 0 heterocycles. The van der Waals surface area contributed by atoms with Gasteiger partial charge in [-0.1, -0.05) is 12.2 Å². The van der Waals surface area contributed by atoms with Gasteiger partial charge in [0.2, 0.25) is 0 Å². The Hall–Kier alpha value is -1.05. The van der Waals surface area contributed by atoms with Gasteiger partial charge < -0.3 is 9.53 Å². The third-order valence-electron chi connectivity index (χ3n) is 1.51. The highest BCUT2D eigenvalue weighted by atomic mass is 16.5. The Morgan fingerprint density at radius 3 is 3.20 bits per heavy atom. The van der Waals surface area contributed by atoms with Crippen LogP contribution in [-0.4, -0.2) is 13.4 Å². The van der Waals surface area contributed by atoms with Crippen LogP contribution in [-0.2, 0) is 9.53 Å². The normalized spacial score (nSPS) is 23.7. The number of aldehydes is 1. The van der Waals surface area contributed by atoms with Crippen molar-refractivity contribution in [1.29, 1.82) is 0 Å². The topological polar surface area (TPSA) is 26.3 Å². The molecular weight excluding hydrogens is 128 g/mol. The molecule has 0 bridgehead atoms. The molecule has 54 valence electrons. The summed E-state index contributed by atoms with van der Waals surface area (Å²) < 4.78 is 4.97. The molecule has 1 aliphatic rings. The number of rotatable bonds is 2. The quantitative estimate of drug-likeness (QED) is 0.537. The summed E-state index contributed by atoms with van der Waals surface area (Å²) in [6, 6.07) is 0. The Bertz CT molecular complexity index is 180. The molecule has 1 aliphatic carbocycles. The van der Waals surface area contributed by atoms with Gasteiger partial charge in [-0.3, -0.25) is 0 Å². The van der Waals surface area contributed by atoms with Crippen molar-refractivity contribution in [2.75, 3.05) is 7.11 Å². The smallest absolute Gasteiger partial charge is 0.127 e. The molecule has 0 aromatic rings. The van der Waals surface area contributed by atoms with Crippen LogP contribution in [0.4, 0.5) is 0 Å². The van der Waals surface area contributed by atoms with Crippen LogP contribution < -0.4 is 0 Å². The van der Waals surface area contributed by atoms with Crippen molar-refractivity contribution < 1.29 is 9.53 Å². The lowest BCUT2D eigenvalue weighted by Gasteiger charge is -2.11. The van der Waals surface area contributed by atoms with E-state index in [1.54, 1.807) is 7.11 Å². The minimum absolute atomic E-state index is 0.0138. The highest BCUT2D eigenvalue weighted by molar-refractivity contribution is 5.58. The molecule has 0 aliphatic heterocycles. The molecule has 2 heteroatoms. The molecule has 0 saturated heterocycles. The van der Waals surface area contributed by atoms with E-state index >= 15 is 0 Å². The highest BCUT2D eigenvalue weighted by Gasteiger charge is 2.09. The minimum atomic E-state index is 0.0138. The van der Waals surface area contributed by atoms with Crippen LogP contribution in [0.5, 0.6) is 0 Å². The predicted octanol–water partition coefficient (Wildman–Crippen LogP) is 1.29. The maximum atomic E-state index is 10.3. The van der Waals surface area contributed by atoms with Gasteiger partial charge in [-0.05, 0) is 6.08 Å². The largest absolute Gasteiger partial charge is 0.501 e. The average Bonchev–Trinajstić information content (AvgIpc) is 2.05. The molecule has 0 fully saturated rings. The Labute approximate surface area is 60.2 Å². The van der Waals surface area contributed by atoms with Crippen molar-refractivity contribution in [3.63, 3.8) is 0 Å². The van der Waals surface area contributed by atoms with Gasteiger partial charge in [0.15, 0.2) is 0 Å². The average molecular weight is 138 g/mol. The maximum absolute atomic E-state index is 10.3. The van der Waals surface area contributed by atoms with E-state index in [1.807, 2.05) is 18.2 Å². The van der Waals surface area contributed by atoms with E-state index in [0.717, 1.165) is 12.0 Å². The first-order valence-corrected chi connectivity index (χ1v) is 3.23. The molecule has 0 saturated carbocycles. The summed E-state index contributed by atoms with van der Waals surface area (Å²) in [6.07, 6.45) is 7.23. The van der Waals surface area contributed by atoms with Crippen molar-refractivity contribution in [3.05, 3.63) is 24.0 Å². The number of allylic oxidation sites excluding steroid dienone is 4. The molecule has 1 atom stereocenters. The second kappa shape index (κ2) is 3.20. The van der Waals surface area contributed by atoms with Crippen LogP contribution in [0.3, 0.4) is 0 Å². The summed E-state index contributed by atoms with van der Waals surface area (Å²) in [7, 11) is 1.62. The Kier molecular flexibility index (Phi) is 2.26. The molecule has 0 N–H and O–H groups in total. The van der Waals surface area contributed by atoms with E-state index in [1.165, 1.54) is 0 Å². The fraction of sp³-hybridized carbons (Fsp3) is 0.375. The second-order valence-electron chi connectivity index (χ2n) is 2.23. The zero-order valence-corrected chi connectivity index (χ0v) is 5.91. The Morgan fingerprint density at radius 1 is 1.80 bits per heavy atom. The molecule has 0 radical (unpaired) electrons. The lowest BCUT2D eigenvalue weighted by molar-refractivity contribution is -0.110. The van der Waals surface area contributed by atoms with E-state index in [4.69, 9.17) is 4.74 Å². The number of carbonyl (C=O) groups is 1. The van der Waals surface area contributed by atoms with Crippen LogP contribution in [0, 0.1) is 5.92 Å². The lowest BCUT2D eigenvalue weighted by atomic mass is 10.0. The van der Waals surface area contributed by atoms with Crippen LogP contribution in [0.1, 0.15) is 6.42 Å². The summed E-state index contributed by atoms with van der Waals surface area (Å²) in [6.45, 7) is 0. The van der Waals surface area contributed by atoms with E-state index < -0.39 is 0 Å². The minimum Gasteiger partial charge on any atom is -0.501 e. The molecular formula is C8H10O2. The SMILES string of the molecule is COC1=CC=CC(C=O)C1. The van der Waals surface area contributed by atoms with E-state index in [2.05, 4.69) is 0 Å². The Balaban J connectivity index is 2.58. The van der Waals surface area contributed by atoms with Gasteiger partial charge in [-0.15, -0.1) is 0 Å². The van der Waals surface area contributed by atoms with Gasteiger partial charge in [-0.2, -0.15) is 0 Å². The number of carbonyl (C=O) groups excluding carboxylic acids is 1. The highest BCUT2D eigenvalue weighted by Crippen LogP contribution is 2.16. The molecule has 1 unspecified atom stereocenters. The third-order valence-corrected chi connectivity index (χ3v) is 1.51. The van der Waals surface area contributed by atoms with Crippen molar-refractivity contribution in [2.24, 2.45) is 5.92 Å². The van der Waals surface area contributed by atoms with Gasteiger partial charge in [0.1, 0.15) is 6.29 Å². The molecule has 0 amide bonds. The maximum Gasteiger partial charge on any atom is 0.127 e. The zero-order valence-electron chi connectivity index (χ0n) is 5.91. The van der Waals surface area contributed by atoms with E-state index in [9.17, 15) is 4.79 Å². The predicted molar refractivity (Wildman–Crippen MR) is 38.4 cm³/mol. The second-order valence-corrected chi connectivity index (χ2v) is 2.23. The van der Waals surface area contributed by atoms with Crippen LogP contribution >= 0.6 is 0 Å². The first-order chi connectivity index (χ1) is 4.86. The first-order valence-electron chi connectivity index (χ1n) is 3.23. The van der Waals surface area contributed by atoms with Crippen LogP contribution in [0.2, 0.25) is 0 Å². The summed E-state index contributed by atoms with van der Waals surface area (Å²) in [5, 5.41) is 0. The monoisotopic (exact) mass is 138 g/mol. The van der Waals surface area contributed by atoms with Crippen molar-refractivity contribution in [1.82, 2.24) is 0 Å². The van der Waals surface area contributed by atoms with Gasteiger partial charge in [-0.25, -0.2) is 0 Å². The molecule has 0 aromatic carbocycles. The number of hydrogen-bond donors (Lipinski definition) is 0. The molecule has 0 aromatic heterocycles. The van der Waals surface area contributed by atoms with Gasteiger partial charge in [0.25, 0.3) is 0 Å². The third kappa shape index (κ3) is 1.47. The lowest BCUT2D eigenvalue weighted by Crippen LogP contribution is -2.03. The summed E-state index contributed by atoms with van der Waals surface area (Å²) in [4.78, 5) is 10.3. The molecule has 0 spiro atoms. The summed E-state index contributed by atoms with van der Waals surface area (Å²) in [5.74, 6) is 0.888. The Morgan fingerprint density at radius 2 is 2.60 bits per heavy atom. The molecule has 2 nitrogen and oxygen atoms in total. The molecule has 10 heavy (non-hydrogen) atoms. The summed E-state index contributed by atoms with van der Waals surface area (Å²) in [5.41, 5.74) is 0. The zero-order chi connectivity index (χ0) is 7.40. The van der Waals surface area contributed by atoms with E-state index in [0.29, 0.717) is 6.42 Å². The number of ether oxygens (including phenoxy) is 1.